The van der Waals surface area contributed by atoms with Crippen LogP contribution in [0.3, 0.4) is 0 Å². The topological polar surface area (TPSA) is 108 Å². The van der Waals surface area contributed by atoms with Gasteiger partial charge >= 0.3 is 5.97 Å². The van der Waals surface area contributed by atoms with Crippen molar-refractivity contribution in [2.45, 2.75) is 83.0 Å². The summed E-state index contributed by atoms with van der Waals surface area (Å²) in [7, 11) is 0. The van der Waals surface area contributed by atoms with Gasteiger partial charge in [0.25, 0.3) is 5.91 Å². The van der Waals surface area contributed by atoms with Crippen molar-refractivity contribution in [2.24, 2.45) is 5.92 Å². The second kappa shape index (κ2) is 13.6. The fourth-order valence-corrected chi connectivity index (χ4v) is 7.37. The number of carbonyl (C=O) groups excluding carboxylic acids is 1. The van der Waals surface area contributed by atoms with E-state index < -0.39 is 5.97 Å². The van der Waals surface area contributed by atoms with E-state index in [4.69, 9.17) is 4.74 Å². The normalized spacial score (nSPS) is 26.4. The summed E-state index contributed by atoms with van der Waals surface area (Å²) >= 11 is 0. The van der Waals surface area contributed by atoms with Crippen LogP contribution in [0.25, 0.3) is 0 Å². The summed E-state index contributed by atoms with van der Waals surface area (Å²) in [5.74, 6) is 0.581. The molecule has 1 aromatic heterocycles. The van der Waals surface area contributed by atoms with Crippen LogP contribution >= 0.6 is 0 Å². The van der Waals surface area contributed by atoms with Crippen molar-refractivity contribution in [2.75, 3.05) is 38.0 Å². The molecule has 2 N–H and O–H groups in total. The van der Waals surface area contributed by atoms with Crippen molar-refractivity contribution in [1.82, 2.24) is 19.8 Å². The average Bonchev–Trinajstić information content (AvgIpc) is 3.55. The highest BCUT2D eigenvalue weighted by Gasteiger charge is 2.34. The molecule has 6 rings (SSSR count). The molecule has 1 aromatic carbocycles. The summed E-state index contributed by atoms with van der Waals surface area (Å²) in [5, 5.41) is 12.8. The molecule has 0 radical (unpaired) electrons. The molecule has 234 valence electrons. The molecule has 3 aliphatic heterocycles. The fraction of sp³-hybridized carbons (Fsp3) is 0.543. The minimum Gasteiger partial charge on any atom is -0.478 e. The summed E-state index contributed by atoms with van der Waals surface area (Å²) in [6.45, 7) is 8.07. The van der Waals surface area contributed by atoms with Crippen molar-refractivity contribution in [3.05, 3.63) is 76.8 Å². The number of likely N-dealkylation sites (tertiary alicyclic amines) is 2. The Morgan fingerprint density at radius 2 is 1.91 bits per heavy atom. The zero-order valence-corrected chi connectivity index (χ0v) is 26.0. The van der Waals surface area contributed by atoms with Crippen LogP contribution in [-0.2, 0) is 4.74 Å². The standard InChI is InChI=1S/C35H45N5O4/c1-23-9-11-25(12-10-23)31-8-4-7-30(44-31)20-36-33-24(2)32(37-22-38-33)34(41)39-17-14-29(15-18-39)40-16-13-28(21-40)26-5-3-6-27(19-26)35(42)43/h3,5-6,9-11,19,22,25,28-31H,4,7-8,12-18,20-21H2,1-2H3,(H,42,43)(H,36,37,38)/t25?,28?,30-,31+/m1/s1. The van der Waals surface area contributed by atoms with Gasteiger partial charge in [0, 0.05) is 43.7 Å². The number of piperidine rings is 1. The first-order valence-electron chi connectivity index (χ1n) is 16.3. The number of amides is 1. The van der Waals surface area contributed by atoms with Gasteiger partial charge in [-0.25, -0.2) is 14.8 Å². The highest BCUT2D eigenvalue weighted by Crippen LogP contribution is 2.33. The van der Waals surface area contributed by atoms with Crippen molar-refractivity contribution in [3.63, 3.8) is 0 Å². The van der Waals surface area contributed by atoms with Crippen LogP contribution in [0, 0.1) is 12.8 Å². The van der Waals surface area contributed by atoms with Crippen LogP contribution in [0.2, 0.25) is 0 Å². The van der Waals surface area contributed by atoms with E-state index in [0.29, 0.717) is 54.6 Å². The fourth-order valence-electron chi connectivity index (χ4n) is 7.37. The molecule has 4 atom stereocenters. The van der Waals surface area contributed by atoms with Crippen LogP contribution in [-0.4, -0.2) is 87.7 Å². The Balaban J connectivity index is 0.998. The highest BCUT2D eigenvalue weighted by atomic mass is 16.5. The number of carboxylic acids is 1. The second-order valence-corrected chi connectivity index (χ2v) is 12.9. The lowest BCUT2D eigenvalue weighted by Crippen LogP contribution is -2.46. The number of hydrogen-bond donors (Lipinski definition) is 2. The highest BCUT2D eigenvalue weighted by molar-refractivity contribution is 5.94. The van der Waals surface area contributed by atoms with E-state index in [1.54, 1.807) is 6.07 Å². The van der Waals surface area contributed by atoms with E-state index in [-0.39, 0.29) is 18.1 Å². The van der Waals surface area contributed by atoms with Crippen LogP contribution in [0.15, 0.2) is 54.4 Å². The summed E-state index contributed by atoms with van der Waals surface area (Å²) in [6, 6.07) is 7.78. The molecular formula is C35H45N5O4. The van der Waals surface area contributed by atoms with E-state index in [2.05, 4.69) is 45.3 Å². The molecule has 9 heteroatoms. The Morgan fingerprint density at radius 3 is 2.68 bits per heavy atom. The van der Waals surface area contributed by atoms with Gasteiger partial charge in [-0.15, -0.1) is 0 Å². The van der Waals surface area contributed by atoms with Gasteiger partial charge in [0.1, 0.15) is 17.8 Å². The minimum absolute atomic E-state index is 0.0300. The van der Waals surface area contributed by atoms with Gasteiger partial charge in [0.15, 0.2) is 0 Å². The van der Waals surface area contributed by atoms with Crippen LogP contribution in [0.5, 0.6) is 0 Å². The predicted octanol–water partition coefficient (Wildman–Crippen LogP) is 5.45. The van der Waals surface area contributed by atoms with Gasteiger partial charge in [0.2, 0.25) is 0 Å². The number of benzene rings is 1. The summed E-state index contributed by atoms with van der Waals surface area (Å²) in [4.78, 5) is 38.3. The molecule has 2 unspecified atom stereocenters. The van der Waals surface area contributed by atoms with E-state index in [9.17, 15) is 14.7 Å². The number of aromatic nitrogens is 2. The largest absolute Gasteiger partial charge is 0.478 e. The maximum atomic E-state index is 13.6. The lowest BCUT2D eigenvalue weighted by molar-refractivity contribution is -0.0615. The van der Waals surface area contributed by atoms with Gasteiger partial charge in [-0.05, 0) is 89.0 Å². The summed E-state index contributed by atoms with van der Waals surface area (Å²) in [5.41, 5.74) is 4.03. The van der Waals surface area contributed by atoms with Crippen molar-refractivity contribution in [3.8, 4) is 0 Å². The number of aromatic carboxylic acids is 1. The van der Waals surface area contributed by atoms with Gasteiger partial charge in [-0.3, -0.25) is 9.69 Å². The number of rotatable bonds is 8. The average molecular weight is 600 g/mol. The molecule has 3 saturated heterocycles. The zero-order chi connectivity index (χ0) is 30.6. The maximum absolute atomic E-state index is 13.6. The third-order valence-electron chi connectivity index (χ3n) is 10.1. The Bertz CT molecular complexity index is 1420. The Labute approximate surface area is 260 Å². The first kappa shape index (κ1) is 30.5. The smallest absolute Gasteiger partial charge is 0.335 e. The van der Waals surface area contributed by atoms with Crippen LogP contribution in [0.1, 0.15) is 89.8 Å². The van der Waals surface area contributed by atoms with Gasteiger partial charge in [-0.1, -0.05) is 35.9 Å². The predicted molar refractivity (Wildman–Crippen MR) is 170 cm³/mol. The third kappa shape index (κ3) is 6.89. The molecule has 44 heavy (non-hydrogen) atoms. The number of carboxylic acid groups (broad SMARTS) is 1. The van der Waals surface area contributed by atoms with Crippen molar-refractivity contribution >= 4 is 17.7 Å². The Morgan fingerprint density at radius 1 is 1.07 bits per heavy atom. The number of nitrogens with one attached hydrogen (secondary N) is 1. The Hall–Kier alpha value is -3.56. The lowest BCUT2D eigenvalue weighted by Gasteiger charge is -2.37. The van der Waals surface area contributed by atoms with E-state index in [1.807, 2.05) is 30.0 Å². The maximum Gasteiger partial charge on any atom is 0.335 e. The summed E-state index contributed by atoms with van der Waals surface area (Å²) < 4.78 is 6.51. The minimum atomic E-state index is -0.882. The van der Waals surface area contributed by atoms with Crippen molar-refractivity contribution < 1.29 is 19.4 Å². The molecule has 0 saturated carbocycles. The number of allylic oxidation sites excluding steroid dienone is 3. The lowest BCUT2D eigenvalue weighted by atomic mass is 9.87. The number of anilines is 1. The third-order valence-corrected chi connectivity index (χ3v) is 10.1. The molecule has 4 aliphatic rings. The zero-order valence-electron chi connectivity index (χ0n) is 26.0. The van der Waals surface area contributed by atoms with Gasteiger partial charge < -0.3 is 20.1 Å². The van der Waals surface area contributed by atoms with Crippen LogP contribution in [0.4, 0.5) is 5.82 Å². The van der Waals surface area contributed by atoms with Gasteiger partial charge in [0.05, 0.1) is 17.8 Å². The molecule has 0 bridgehead atoms. The SMILES string of the molecule is CC1=CCC([C@@H]2CCC[C@H](CNc3ncnc(C(=O)N4CCC(N5CCC(c6cccc(C(=O)O)c6)C5)CC4)c3C)O2)C=C1. The number of carbonyl (C=O) groups is 2. The van der Waals surface area contributed by atoms with Crippen molar-refractivity contribution in [1.29, 1.82) is 0 Å². The quantitative estimate of drug-likeness (QED) is 0.413. The molecule has 9 nitrogen and oxygen atoms in total. The molecule has 3 fully saturated rings. The Kier molecular flexibility index (Phi) is 9.42. The van der Waals surface area contributed by atoms with E-state index in [1.165, 1.54) is 11.9 Å². The first-order chi connectivity index (χ1) is 21.4. The molecule has 4 heterocycles. The van der Waals surface area contributed by atoms with Gasteiger partial charge in [-0.2, -0.15) is 0 Å². The molecule has 2 aromatic rings. The summed E-state index contributed by atoms with van der Waals surface area (Å²) in [6.07, 6.45) is 15.9. The van der Waals surface area contributed by atoms with E-state index >= 15 is 0 Å². The molecule has 0 spiro atoms. The monoisotopic (exact) mass is 599 g/mol. The molecule has 1 aliphatic carbocycles. The van der Waals surface area contributed by atoms with E-state index in [0.717, 1.165) is 69.2 Å². The number of hydrogen-bond acceptors (Lipinski definition) is 7. The number of nitrogens with zero attached hydrogens (tertiary/aromatic N) is 4. The molecular weight excluding hydrogens is 554 g/mol. The van der Waals surface area contributed by atoms with Crippen LogP contribution < -0.4 is 5.32 Å². The molecule has 1 amide bonds. The second-order valence-electron chi connectivity index (χ2n) is 12.9. The number of ether oxygens (including phenoxy) is 1. The first-order valence-corrected chi connectivity index (χ1v) is 16.3.